The minimum Gasteiger partial charge on any atom is -0.481 e. The van der Waals surface area contributed by atoms with Crippen molar-refractivity contribution in [2.45, 2.75) is 52.2 Å². The molecule has 0 radical (unpaired) electrons. The van der Waals surface area contributed by atoms with Crippen LogP contribution in [0.5, 0.6) is 0 Å². The van der Waals surface area contributed by atoms with Crippen molar-refractivity contribution in [2.75, 3.05) is 6.61 Å². The van der Waals surface area contributed by atoms with Gasteiger partial charge in [-0.3, -0.25) is 4.79 Å². The normalized spacial score (nSPS) is 17.7. The lowest BCUT2D eigenvalue weighted by molar-refractivity contribution is -0.149. The first-order valence-corrected chi connectivity index (χ1v) is 6.74. The number of carbonyl (C=O) groups is 1. The smallest absolute Gasteiger partial charge is 0.311 e. The van der Waals surface area contributed by atoms with Gasteiger partial charge in [0.2, 0.25) is 0 Å². The molecule has 7 heteroatoms. The van der Waals surface area contributed by atoms with Gasteiger partial charge >= 0.3 is 5.97 Å². The highest BCUT2D eigenvalue weighted by atomic mass is 16.5. The van der Waals surface area contributed by atoms with Crippen molar-refractivity contribution in [1.82, 2.24) is 20.2 Å². The second-order valence-electron chi connectivity index (χ2n) is 5.10. The SMILES string of the molecule is CCCOCc1nnnn1CC1(C(=O)O)CCCC1. The van der Waals surface area contributed by atoms with E-state index in [-0.39, 0.29) is 0 Å². The Morgan fingerprint density at radius 2 is 2.21 bits per heavy atom. The molecule has 0 spiro atoms. The maximum absolute atomic E-state index is 11.5. The van der Waals surface area contributed by atoms with E-state index in [9.17, 15) is 9.90 Å². The fourth-order valence-electron chi connectivity index (χ4n) is 2.54. The fourth-order valence-corrected chi connectivity index (χ4v) is 2.54. The summed E-state index contributed by atoms with van der Waals surface area (Å²) in [6, 6.07) is 0. The Bertz CT molecular complexity index is 426. The summed E-state index contributed by atoms with van der Waals surface area (Å²) in [5.74, 6) is -0.151. The summed E-state index contributed by atoms with van der Waals surface area (Å²) in [5, 5.41) is 20.9. The molecule has 0 bridgehead atoms. The molecule has 0 saturated heterocycles. The highest BCUT2D eigenvalue weighted by Gasteiger charge is 2.42. The van der Waals surface area contributed by atoms with Gasteiger partial charge in [0.25, 0.3) is 0 Å². The van der Waals surface area contributed by atoms with Gasteiger partial charge in [0, 0.05) is 6.61 Å². The van der Waals surface area contributed by atoms with Crippen LogP contribution < -0.4 is 0 Å². The molecule has 1 N–H and O–H groups in total. The number of aromatic nitrogens is 4. The van der Waals surface area contributed by atoms with Crippen molar-refractivity contribution in [3.8, 4) is 0 Å². The molecule has 1 aromatic rings. The number of carboxylic acids is 1. The second-order valence-corrected chi connectivity index (χ2v) is 5.10. The Balaban J connectivity index is 2.05. The first-order valence-electron chi connectivity index (χ1n) is 6.74. The van der Waals surface area contributed by atoms with E-state index >= 15 is 0 Å². The predicted molar refractivity (Wildman–Crippen MR) is 66.3 cm³/mol. The van der Waals surface area contributed by atoms with Gasteiger partial charge in [-0.15, -0.1) is 5.10 Å². The molecular weight excluding hydrogens is 248 g/mol. The van der Waals surface area contributed by atoms with Gasteiger partial charge in [0.15, 0.2) is 5.82 Å². The van der Waals surface area contributed by atoms with E-state index in [1.54, 1.807) is 4.68 Å². The molecule has 1 fully saturated rings. The zero-order valence-electron chi connectivity index (χ0n) is 11.2. The zero-order valence-corrected chi connectivity index (χ0v) is 11.2. The Morgan fingerprint density at radius 1 is 1.47 bits per heavy atom. The fraction of sp³-hybridized carbons (Fsp3) is 0.833. The summed E-state index contributed by atoms with van der Waals surface area (Å²) in [7, 11) is 0. The molecule has 0 amide bonds. The van der Waals surface area contributed by atoms with Gasteiger partial charge in [-0.1, -0.05) is 19.8 Å². The van der Waals surface area contributed by atoms with E-state index in [1.807, 2.05) is 6.92 Å². The molecule has 19 heavy (non-hydrogen) atoms. The highest BCUT2D eigenvalue weighted by Crippen LogP contribution is 2.39. The summed E-state index contributed by atoms with van der Waals surface area (Å²) >= 11 is 0. The van der Waals surface area contributed by atoms with E-state index < -0.39 is 11.4 Å². The number of ether oxygens (including phenoxy) is 1. The summed E-state index contributed by atoms with van der Waals surface area (Å²) in [6.45, 7) is 3.34. The van der Waals surface area contributed by atoms with Crippen molar-refractivity contribution < 1.29 is 14.6 Å². The molecule has 2 rings (SSSR count). The standard InChI is InChI=1S/C12H20N4O3/c1-2-7-19-8-10-13-14-15-16(10)9-12(11(17)18)5-3-4-6-12/h2-9H2,1H3,(H,17,18). The van der Waals surface area contributed by atoms with Gasteiger partial charge in [-0.2, -0.15) is 0 Å². The third kappa shape index (κ3) is 3.09. The molecule has 0 atom stereocenters. The second kappa shape index (κ2) is 6.10. The molecule has 106 valence electrons. The van der Waals surface area contributed by atoms with Gasteiger partial charge < -0.3 is 9.84 Å². The summed E-state index contributed by atoms with van der Waals surface area (Å²) in [4.78, 5) is 11.5. The number of nitrogens with zero attached hydrogens (tertiary/aromatic N) is 4. The quantitative estimate of drug-likeness (QED) is 0.748. The van der Waals surface area contributed by atoms with Gasteiger partial charge in [0.05, 0.1) is 12.0 Å². The lowest BCUT2D eigenvalue weighted by Crippen LogP contribution is -2.34. The van der Waals surface area contributed by atoms with Gasteiger partial charge in [0.1, 0.15) is 6.61 Å². The predicted octanol–water partition coefficient (Wildman–Crippen LogP) is 1.24. The van der Waals surface area contributed by atoms with E-state index in [4.69, 9.17) is 4.74 Å². The largest absolute Gasteiger partial charge is 0.481 e. The number of aliphatic carboxylic acids is 1. The van der Waals surface area contributed by atoms with Crippen molar-refractivity contribution in [3.05, 3.63) is 5.82 Å². The number of rotatable bonds is 7. The van der Waals surface area contributed by atoms with Crippen LogP contribution in [0.2, 0.25) is 0 Å². The molecule has 1 aliphatic carbocycles. The first kappa shape index (κ1) is 13.9. The third-order valence-electron chi connectivity index (χ3n) is 3.65. The van der Waals surface area contributed by atoms with E-state index in [2.05, 4.69) is 15.5 Å². The summed E-state index contributed by atoms with van der Waals surface area (Å²) < 4.78 is 6.99. The van der Waals surface area contributed by atoms with Crippen molar-refractivity contribution in [1.29, 1.82) is 0 Å². The van der Waals surface area contributed by atoms with E-state index in [0.29, 0.717) is 38.4 Å². The molecule has 0 unspecified atom stereocenters. The Morgan fingerprint density at radius 3 is 2.84 bits per heavy atom. The van der Waals surface area contributed by atoms with Gasteiger partial charge in [-0.05, 0) is 29.7 Å². The van der Waals surface area contributed by atoms with Crippen molar-refractivity contribution in [3.63, 3.8) is 0 Å². The molecule has 7 nitrogen and oxygen atoms in total. The van der Waals surface area contributed by atoms with Crippen LogP contribution in [0.4, 0.5) is 0 Å². The Labute approximate surface area is 111 Å². The average molecular weight is 268 g/mol. The van der Waals surface area contributed by atoms with E-state index in [1.165, 1.54) is 0 Å². The maximum Gasteiger partial charge on any atom is 0.311 e. The summed E-state index contributed by atoms with van der Waals surface area (Å²) in [5.41, 5.74) is -0.713. The average Bonchev–Trinajstić information content (AvgIpc) is 3.01. The minimum absolute atomic E-state index is 0.330. The molecule has 0 aromatic carbocycles. The maximum atomic E-state index is 11.5. The highest BCUT2D eigenvalue weighted by molar-refractivity contribution is 5.74. The molecular formula is C12H20N4O3. The molecule has 1 aliphatic rings. The number of carboxylic acid groups (broad SMARTS) is 1. The molecule has 1 heterocycles. The third-order valence-corrected chi connectivity index (χ3v) is 3.65. The lowest BCUT2D eigenvalue weighted by atomic mass is 9.86. The van der Waals surface area contributed by atoms with Crippen LogP contribution in [0.1, 0.15) is 44.9 Å². The Hall–Kier alpha value is -1.50. The van der Waals surface area contributed by atoms with Crippen molar-refractivity contribution >= 4 is 5.97 Å². The van der Waals surface area contributed by atoms with Crippen LogP contribution in [0, 0.1) is 5.41 Å². The lowest BCUT2D eigenvalue weighted by Gasteiger charge is -2.23. The minimum atomic E-state index is -0.749. The first-order chi connectivity index (χ1) is 9.18. The topological polar surface area (TPSA) is 90.1 Å². The van der Waals surface area contributed by atoms with Crippen molar-refractivity contribution in [2.24, 2.45) is 5.41 Å². The number of hydrogen-bond acceptors (Lipinski definition) is 5. The number of tetrazole rings is 1. The Kier molecular flexibility index (Phi) is 4.47. The zero-order chi connectivity index (χ0) is 13.7. The van der Waals surface area contributed by atoms with Gasteiger partial charge in [-0.25, -0.2) is 4.68 Å². The molecule has 0 aliphatic heterocycles. The molecule has 1 saturated carbocycles. The van der Waals surface area contributed by atoms with Crippen LogP contribution in [-0.2, 0) is 22.7 Å². The van der Waals surface area contributed by atoms with E-state index in [0.717, 1.165) is 19.3 Å². The van der Waals surface area contributed by atoms with Crippen LogP contribution in [-0.4, -0.2) is 37.9 Å². The van der Waals surface area contributed by atoms with Crippen LogP contribution in [0.15, 0.2) is 0 Å². The monoisotopic (exact) mass is 268 g/mol. The van der Waals surface area contributed by atoms with Crippen LogP contribution in [0.3, 0.4) is 0 Å². The summed E-state index contributed by atoms with van der Waals surface area (Å²) in [6.07, 6.45) is 4.22. The van der Waals surface area contributed by atoms with Crippen LogP contribution in [0.25, 0.3) is 0 Å². The number of hydrogen-bond donors (Lipinski definition) is 1. The van der Waals surface area contributed by atoms with Crippen LogP contribution >= 0.6 is 0 Å². The molecule has 1 aromatic heterocycles.